The van der Waals surface area contributed by atoms with E-state index in [1.54, 1.807) is 6.33 Å². The minimum Gasteiger partial charge on any atom is -0.357 e. The minimum absolute atomic E-state index is 0.150. The summed E-state index contributed by atoms with van der Waals surface area (Å²) in [6.45, 7) is 12.3. The van der Waals surface area contributed by atoms with Crippen LogP contribution in [0.25, 0.3) is 0 Å². The number of hydrogen-bond donors (Lipinski definition) is 2. The quantitative estimate of drug-likeness (QED) is 0.484. The van der Waals surface area contributed by atoms with Crippen LogP contribution >= 0.6 is 0 Å². The minimum atomic E-state index is 0.150. The summed E-state index contributed by atoms with van der Waals surface area (Å²) < 4.78 is 2.03. The van der Waals surface area contributed by atoms with Crippen molar-refractivity contribution in [1.82, 2.24) is 30.3 Å². The molecule has 8 heteroatoms. The lowest BCUT2D eigenvalue weighted by Crippen LogP contribution is -2.39. The molecule has 0 atom stereocenters. The van der Waals surface area contributed by atoms with E-state index in [0.717, 1.165) is 50.9 Å². The van der Waals surface area contributed by atoms with Gasteiger partial charge in [0, 0.05) is 45.6 Å². The first-order chi connectivity index (χ1) is 11.7. The molecule has 2 N–H and O–H groups in total. The molecule has 0 unspecified atom stereocenters. The highest BCUT2D eigenvalue weighted by Crippen LogP contribution is 1.96. The maximum atomic E-state index is 12.0. The smallest absolute Gasteiger partial charge is 0.224 e. The van der Waals surface area contributed by atoms with E-state index in [1.807, 2.05) is 30.2 Å². The fourth-order valence-corrected chi connectivity index (χ4v) is 2.37. The first-order valence-corrected chi connectivity index (χ1v) is 8.82. The molecule has 1 rings (SSSR count). The van der Waals surface area contributed by atoms with Gasteiger partial charge < -0.3 is 20.1 Å². The van der Waals surface area contributed by atoms with E-state index in [0.29, 0.717) is 13.0 Å². The Hall–Kier alpha value is -2.12. The van der Waals surface area contributed by atoms with Crippen LogP contribution in [-0.4, -0.2) is 64.3 Å². The summed E-state index contributed by atoms with van der Waals surface area (Å²) in [7, 11) is 0. The second-order valence-corrected chi connectivity index (χ2v) is 5.30. The van der Waals surface area contributed by atoms with E-state index in [-0.39, 0.29) is 5.91 Å². The maximum absolute atomic E-state index is 12.0. The maximum Gasteiger partial charge on any atom is 0.224 e. The topological polar surface area (TPSA) is 87.4 Å². The molecular weight excluding hydrogens is 306 g/mol. The summed E-state index contributed by atoms with van der Waals surface area (Å²) >= 11 is 0. The molecule has 1 aromatic heterocycles. The summed E-state index contributed by atoms with van der Waals surface area (Å²) in [5.41, 5.74) is 0. The zero-order valence-electron chi connectivity index (χ0n) is 15.4. The first-order valence-electron chi connectivity index (χ1n) is 8.82. The van der Waals surface area contributed by atoms with Gasteiger partial charge in [-0.3, -0.25) is 9.79 Å². The number of rotatable bonds is 10. The van der Waals surface area contributed by atoms with Crippen LogP contribution < -0.4 is 10.6 Å². The van der Waals surface area contributed by atoms with Crippen molar-refractivity contribution in [2.24, 2.45) is 4.99 Å². The van der Waals surface area contributed by atoms with Crippen LogP contribution in [0.2, 0.25) is 0 Å². The largest absolute Gasteiger partial charge is 0.357 e. The van der Waals surface area contributed by atoms with Crippen LogP contribution in [0, 0.1) is 0 Å². The molecular formula is C16H31N7O. The molecule has 24 heavy (non-hydrogen) atoms. The third kappa shape index (κ3) is 6.55. The van der Waals surface area contributed by atoms with Crippen LogP contribution in [0.3, 0.4) is 0 Å². The Balaban J connectivity index is 2.43. The summed E-state index contributed by atoms with van der Waals surface area (Å²) in [4.78, 5) is 18.3. The van der Waals surface area contributed by atoms with Gasteiger partial charge in [0.1, 0.15) is 12.2 Å². The Labute approximate surface area is 144 Å². The number of aromatic nitrogens is 3. The highest BCUT2D eigenvalue weighted by atomic mass is 16.2. The van der Waals surface area contributed by atoms with Crippen LogP contribution in [0.4, 0.5) is 0 Å². The SMILES string of the molecule is CCNC(=NCCC(=O)N(CC)CC)NCCn1cnnc1CC. The van der Waals surface area contributed by atoms with Gasteiger partial charge in [-0.05, 0) is 20.8 Å². The second-order valence-electron chi connectivity index (χ2n) is 5.30. The number of guanidine groups is 1. The molecule has 0 fully saturated rings. The molecule has 0 aromatic carbocycles. The van der Waals surface area contributed by atoms with Gasteiger partial charge >= 0.3 is 0 Å². The summed E-state index contributed by atoms with van der Waals surface area (Å²) in [5, 5.41) is 14.5. The summed E-state index contributed by atoms with van der Waals surface area (Å²) in [5.74, 6) is 1.86. The van der Waals surface area contributed by atoms with Gasteiger partial charge in [-0.15, -0.1) is 10.2 Å². The first kappa shape index (κ1) is 19.9. The number of hydrogen-bond acceptors (Lipinski definition) is 4. The highest BCUT2D eigenvalue weighted by Gasteiger charge is 2.08. The van der Waals surface area contributed by atoms with Crippen molar-refractivity contribution in [2.45, 2.75) is 47.1 Å². The molecule has 1 aromatic rings. The van der Waals surface area contributed by atoms with Gasteiger partial charge in [0.2, 0.25) is 5.91 Å². The molecule has 0 bridgehead atoms. The van der Waals surface area contributed by atoms with Gasteiger partial charge in [0.15, 0.2) is 5.96 Å². The lowest BCUT2D eigenvalue weighted by atomic mass is 10.3. The Morgan fingerprint density at radius 1 is 1.25 bits per heavy atom. The van der Waals surface area contributed by atoms with E-state index < -0.39 is 0 Å². The number of aliphatic imine (C=N–C) groups is 1. The molecule has 0 aliphatic heterocycles. The number of nitrogens with one attached hydrogen (secondary N) is 2. The van der Waals surface area contributed by atoms with E-state index in [4.69, 9.17) is 0 Å². The second kappa shape index (κ2) is 11.4. The predicted octanol–water partition coefficient (Wildman–Crippen LogP) is 0.654. The lowest BCUT2D eigenvalue weighted by Gasteiger charge is -2.18. The highest BCUT2D eigenvalue weighted by molar-refractivity contribution is 5.80. The van der Waals surface area contributed by atoms with Crippen molar-refractivity contribution in [1.29, 1.82) is 0 Å². The molecule has 0 aliphatic carbocycles. The third-order valence-corrected chi connectivity index (χ3v) is 3.71. The van der Waals surface area contributed by atoms with Gasteiger partial charge in [0.25, 0.3) is 0 Å². The van der Waals surface area contributed by atoms with E-state index in [1.165, 1.54) is 0 Å². The molecule has 0 aliphatic rings. The van der Waals surface area contributed by atoms with Gasteiger partial charge in [-0.1, -0.05) is 6.92 Å². The Morgan fingerprint density at radius 2 is 2.00 bits per heavy atom. The predicted molar refractivity (Wildman–Crippen MR) is 95.9 cm³/mol. The monoisotopic (exact) mass is 337 g/mol. The van der Waals surface area contributed by atoms with Crippen molar-refractivity contribution in [3.8, 4) is 0 Å². The van der Waals surface area contributed by atoms with Crippen molar-refractivity contribution < 1.29 is 4.79 Å². The lowest BCUT2D eigenvalue weighted by molar-refractivity contribution is -0.130. The fraction of sp³-hybridized carbons (Fsp3) is 0.750. The third-order valence-electron chi connectivity index (χ3n) is 3.71. The van der Waals surface area contributed by atoms with Crippen molar-refractivity contribution in [3.05, 3.63) is 12.2 Å². The standard InChI is InChI=1S/C16H31N7O/c1-5-14-21-20-13-23(14)12-11-19-16(17-6-2)18-10-9-15(24)22(7-3)8-4/h13H,5-12H2,1-4H3,(H2,17,18,19). The van der Waals surface area contributed by atoms with Gasteiger partial charge in [0.05, 0.1) is 6.54 Å². The normalized spacial score (nSPS) is 11.4. The van der Waals surface area contributed by atoms with Crippen molar-refractivity contribution in [3.63, 3.8) is 0 Å². The van der Waals surface area contributed by atoms with E-state index >= 15 is 0 Å². The van der Waals surface area contributed by atoms with E-state index in [9.17, 15) is 4.79 Å². The van der Waals surface area contributed by atoms with E-state index in [2.05, 4.69) is 32.7 Å². The molecule has 1 amide bonds. The molecule has 1 heterocycles. The molecule has 0 saturated carbocycles. The summed E-state index contributed by atoms with van der Waals surface area (Å²) in [6, 6.07) is 0. The number of carbonyl (C=O) groups excluding carboxylic acids is 1. The van der Waals surface area contributed by atoms with Crippen LogP contribution in [0.1, 0.15) is 39.9 Å². The van der Waals surface area contributed by atoms with Crippen molar-refractivity contribution in [2.75, 3.05) is 32.7 Å². The Morgan fingerprint density at radius 3 is 2.62 bits per heavy atom. The average Bonchev–Trinajstić information content (AvgIpc) is 3.03. The zero-order chi connectivity index (χ0) is 17.8. The van der Waals surface area contributed by atoms with Gasteiger partial charge in [-0.25, -0.2) is 0 Å². The van der Waals surface area contributed by atoms with Crippen LogP contribution in [0.15, 0.2) is 11.3 Å². The summed E-state index contributed by atoms with van der Waals surface area (Å²) in [6.07, 6.45) is 3.04. The number of nitrogens with zero attached hydrogens (tertiary/aromatic N) is 5. The zero-order valence-corrected chi connectivity index (χ0v) is 15.4. The molecule has 0 radical (unpaired) electrons. The molecule has 0 saturated heterocycles. The van der Waals surface area contributed by atoms with Gasteiger partial charge in [-0.2, -0.15) is 0 Å². The number of carbonyl (C=O) groups is 1. The fourth-order valence-electron chi connectivity index (χ4n) is 2.37. The molecule has 0 spiro atoms. The van der Waals surface area contributed by atoms with Crippen molar-refractivity contribution >= 4 is 11.9 Å². The number of amides is 1. The number of aryl methyl sites for hydroxylation is 1. The molecule has 136 valence electrons. The van der Waals surface area contributed by atoms with Crippen LogP contribution in [0.5, 0.6) is 0 Å². The molecule has 8 nitrogen and oxygen atoms in total. The van der Waals surface area contributed by atoms with Crippen LogP contribution in [-0.2, 0) is 17.8 Å². The Kier molecular flexibility index (Phi) is 9.48. The average molecular weight is 337 g/mol. The Bertz CT molecular complexity index is 508.